The smallest absolute Gasteiger partial charge is 0.257 e. The first kappa shape index (κ1) is 15.7. The van der Waals surface area contributed by atoms with Crippen LogP contribution < -0.4 is 19.5 Å². The van der Waals surface area contributed by atoms with Crippen molar-refractivity contribution in [3.8, 4) is 17.2 Å². The number of ether oxygens (including phenoxy) is 3. The van der Waals surface area contributed by atoms with E-state index in [2.05, 4.69) is 10.3 Å². The standard InChI is InChI=1S/C18H16N2O4S/c1-10(2)24-12-5-3-11(4-6-12)17(21)20-18-19-13-7-14-15(23-9-22-14)8-16(13)25-18/h3-8,10H,9H2,1-2H3,(H,19,20,21). The Kier molecular flexibility index (Phi) is 3.93. The van der Waals surface area contributed by atoms with E-state index < -0.39 is 0 Å². The first-order valence-electron chi connectivity index (χ1n) is 7.87. The fourth-order valence-electron chi connectivity index (χ4n) is 2.50. The molecule has 1 aliphatic heterocycles. The van der Waals surface area contributed by atoms with E-state index in [4.69, 9.17) is 14.2 Å². The molecule has 4 rings (SSSR count). The van der Waals surface area contributed by atoms with Crippen LogP contribution in [-0.2, 0) is 0 Å². The van der Waals surface area contributed by atoms with Crippen LogP contribution in [0.4, 0.5) is 5.13 Å². The van der Waals surface area contributed by atoms with Gasteiger partial charge in [-0.05, 0) is 38.1 Å². The number of rotatable bonds is 4. The van der Waals surface area contributed by atoms with E-state index in [1.54, 1.807) is 24.3 Å². The molecule has 1 N–H and O–H groups in total. The lowest BCUT2D eigenvalue weighted by Gasteiger charge is -2.09. The van der Waals surface area contributed by atoms with Crippen LogP contribution in [0.3, 0.4) is 0 Å². The van der Waals surface area contributed by atoms with Gasteiger partial charge in [0, 0.05) is 17.7 Å². The summed E-state index contributed by atoms with van der Waals surface area (Å²) in [6.45, 7) is 4.14. The third-order valence-electron chi connectivity index (χ3n) is 3.59. The van der Waals surface area contributed by atoms with Crippen molar-refractivity contribution in [2.24, 2.45) is 0 Å². The van der Waals surface area contributed by atoms with Gasteiger partial charge < -0.3 is 14.2 Å². The normalized spacial score (nSPS) is 12.6. The molecule has 1 amide bonds. The van der Waals surface area contributed by atoms with Gasteiger partial charge in [-0.3, -0.25) is 10.1 Å². The Morgan fingerprint density at radius 1 is 1.20 bits per heavy atom. The van der Waals surface area contributed by atoms with Crippen molar-refractivity contribution >= 4 is 32.6 Å². The molecule has 0 aliphatic carbocycles. The molecule has 0 fully saturated rings. The number of benzene rings is 2. The Morgan fingerprint density at radius 2 is 1.92 bits per heavy atom. The molecular formula is C18H16N2O4S. The molecule has 2 heterocycles. The van der Waals surface area contributed by atoms with Crippen LogP contribution in [0.1, 0.15) is 24.2 Å². The predicted octanol–water partition coefficient (Wildman–Crippen LogP) is 4.06. The fourth-order valence-corrected chi connectivity index (χ4v) is 3.37. The van der Waals surface area contributed by atoms with Crippen LogP contribution in [0.15, 0.2) is 36.4 Å². The molecule has 2 aromatic carbocycles. The maximum atomic E-state index is 12.4. The molecule has 0 spiro atoms. The second-order valence-corrected chi connectivity index (χ2v) is 6.87. The third kappa shape index (κ3) is 3.23. The molecule has 25 heavy (non-hydrogen) atoms. The lowest BCUT2D eigenvalue weighted by Crippen LogP contribution is -2.12. The Morgan fingerprint density at radius 3 is 2.64 bits per heavy atom. The number of hydrogen-bond acceptors (Lipinski definition) is 6. The molecule has 128 valence electrons. The number of nitrogens with zero attached hydrogens (tertiary/aromatic N) is 1. The molecule has 7 heteroatoms. The quantitative estimate of drug-likeness (QED) is 0.763. The van der Waals surface area contributed by atoms with Gasteiger partial charge in [0.2, 0.25) is 6.79 Å². The highest BCUT2D eigenvalue weighted by Gasteiger charge is 2.17. The molecule has 0 saturated heterocycles. The molecule has 1 aromatic heterocycles. The number of fused-ring (bicyclic) bond motifs is 2. The van der Waals surface area contributed by atoms with E-state index in [-0.39, 0.29) is 18.8 Å². The highest BCUT2D eigenvalue weighted by Crippen LogP contribution is 2.39. The van der Waals surface area contributed by atoms with Gasteiger partial charge >= 0.3 is 0 Å². The summed E-state index contributed by atoms with van der Waals surface area (Å²) >= 11 is 1.39. The van der Waals surface area contributed by atoms with Gasteiger partial charge in [0.1, 0.15) is 5.75 Å². The van der Waals surface area contributed by atoms with Gasteiger partial charge in [-0.15, -0.1) is 0 Å². The topological polar surface area (TPSA) is 69.7 Å². The number of anilines is 1. The van der Waals surface area contributed by atoms with Crippen LogP contribution in [0, 0.1) is 0 Å². The van der Waals surface area contributed by atoms with Crippen LogP contribution in [0.25, 0.3) is 10.2 Å². The van der Waals surface area contributed by atoms with Gasteiger partial charge in [0.15, 0.2) is 16.6 Å². The van der Waals surface area contributed by atoms with Crippen LogP contribution in [0.2, 0.25) is 0 Å². The molecule has 6 nitrogen and oxygen atoms in total. The van der Waals surface area contributed by atoms with Gasteiger partial charge in [-0.25, -0.2) is 4.98 Å². The predicted molar refractivity (Wildman–Crippen MR) is 95.9 cm³/mol. The molecule has 0 saturated carbocycles. The lowest BCUT2D eigenvalue weighted by molar-refractivity contribution is 0.102. The maximum absolute atomic E-state index is 12.4. The fraction of sp³-hybridized carbons (Fsp3) is 0.222. The summed E-state index contributed by atoms with van der Waals surface area (Å²) in [6, 6.07) is 10.7. The van der Waals surface area contributed by atoms with Gasteiger partial charge in [-0.2, -0.15) is 0 Å². The van der Waals surface area contributed by atoms with Gasteiger partial charge in [-0.1, -0.05) is 11.3 Å². The highest BCUT2D eigenvalue weighted by atomic mass is 32.1. The number of thiazole rings is 1. The molecule has 3 aromatic rings. The summed E-state index contributed by atoms with van der Waals surface area (Å²) in [5.74, 6) is 1.91. The Bertz CT molecular complexity index is 893. The number of carbonyl (C=O) groups is 1. The van der Waals surface area contributed by atoms with Gasteiger partial charge in [0.25, 0.3) is 5.91 Å². The maximum Gasteiger partial charge on any atom is 0.257 e. The van der Waals surface area contributed by atoms with E-state index in [9.17, 15) is 4.79 Å². The zero-order valence-electron chi connectivity index (χ0n) is 13.7. The molecular weight excluding hydrogens is 340 g/mol. The number of amides is 1. The van der Waals surface area contributed by atoms with E-state index in [0.29, 0.717) is 22.2 Å². The minimum atomic E-state index is -0.213. The number of carbonyl (C=O) groups excluding carboxylic acids is 1. The molecule has 0 atom stereocenters. The van der Waals surface area contributed by atoms with Crippen LogP contribution in [0.5, 0.6) is 17.2 Å². The van der Waals surface area contributed by atoms with E-state index in [0.717, 1.165) is 16.0 Å². The summed E-state index contributed by atoms with van der Waals surface area (Å²) in [5, 5.41) is 3.36. The number of hydrogen-bond donors (Lipinski definition) is 1. The number of nitrogens with one attached hydrogen (secondary N) is 1. The van der Waals surface area contributed by atoms with Crippen molar-refractivity contribution in [3.05, 3.63) is 42.0 Å². The first-order valence-corrected chi connectivity index (χ1v) is 8.68. The minimum absolute atomic E-state index is 0.0945. The largest absolute Gasteiger partial charge is 0.491 e. The van der Waals surface area contributed by atoms with Crippen LogP contribution in [-0.4, -0.2) is 23.8 Å². The minimum Gasteiger partial charge on any atom is -0.491 e. The van der Waals surface area contributed by atoms with Crippen molar-refractivity contribution < 1.29 is 19.0 Å². The Balaban J connectivity index is 1.51. The SMILES string of the molecule is CC(C)Oc1ccc(C(=O)Nc2nc3cc4c(cc3s2)OCO4)cc1. The van der Waals surface area contributed by atoms with Crippen molar-refractivity contribution in [1.82, 2.24) is 4.98 Å². The first-order chi connectivity index (χ1) is 12.1. The second-order valence-electron chi connectivity index (χ2n) is 5.84. The molecule has 0 bridgehead atoms. The lowest BCUT2D eigenvalue weighted by atomic mass is 10.2. The summed E-state index contributed by atoms with van der Waals surface area (Å²) in [7, 11) is 0. The van der Waals surface area contributed by atoms with E-state index in [1.807, 2.05) is 26.0 Å². The second kappa shape index (κ2) is 6.25. The van der Waals surface area contributed by atoms with Crippen molar-refractivity contribution in [2.75, 3.05) is 12.1 Å². The summed E-state index contributed by atoms with van der Waals surface area (Å²) in [5.41, 5.74) is 1.31. The van der Waals surface area contributed by atoms with E-state index in [1.165, 1.54) is 11.3 Å². The molecule has 1 aliphatic rings. The monoisotopic (exact) mass is 356 g/mol. The van der Waals surface area contributed by atoms with Crippen molar-refractivity contribution in [2.45, 2.75) is 20.0 Å². The Labute approximate surface area is 148 Å². The van der Waals surface area contributed by atoms with Crippen LogP contribution >= 0.6 is 11.3 Å². The number of aromatic nitrogens is 1. The average Bonchev–Trinajstić information content (AvgIpc) is 3.17. The molecule has 0 unspecified atom stereocenters. The average molecular weight is 356 g/mol. The zero-order chi connectivity index (χ0) is 17.4. The Hall–Kier alpha value is -2.80. The van der Waals surface area contributed by atoms with Crippen molar-refractivity contribution in [3.63, 3.8) is 0 Å². The zero-order valence-corrected chi connectivity index (χ0v) is 14.6. The summed E-state index contributed by atoms with van der Waals surface area (Å²) in [6.07, 6.45) is 0.0945. The summed E-state index contributed by atoms with van der Waals surface area (Å²) in [4.78, 5) is 16.8. The van der Waals surface area contributed by atoms with E-state index >= 15 is 0 Å². The third-order valence-corrected chi connectivity index (χ3v) is 4.53. The van der Waals surface area contributed by atoms with Crippen molar-refractivity contribution in [1.29, 1.82) is 0 Å². The summed E-state index contributed by atoms with van der Waals surface area (Å²) < 4.78 is 17.2. The van der Waals surface area contributed by atoms with Gasteiger partial charge in [0.05, 0.1) is 16.3 Å². The molecule has 0 radical (unpaired) electrons. The highest BCUT2D eigenvalue weighted by molar-refractivity contribution is 7.22.